The third-order valence-electron chi connectivity index (χ3n) is 6.64. The van der Waals surface area contributed by atoms with Gasteiger partial charge in [-0.2, -0.15) is 13.2 Å². The van der Waals surface area contributed by atoms with Gasteiger partial charge in [-0.25, -0.2) is 9.97 Å². The molecule has 2 aromatic heterocycles. The van der Waals surface area contributed by atoms with Gasteiger partial charge in [0.25, 0.3) is 0 Å². The van der Waals surface area contributed by atoms with Crippen molar-refractivity contribution in [2.45, 2.75) is 52.8 Å². The quantitative estimate of drug-likeness (QED) is 0.512. The van der Waals surface area contributed by atoms with Crippen LogP contribution < -0.4 is 0 Å². The summed E-state index contributed by atoms with van der Waals surface area (Å²) in [4.78, 5) is 12.6. The minimum atomic E-state index is -4.14. The molecule has 178 valence electrons. The molecule has 0 saturated carbocycles. The van der Waals surface area contributed by atoms with Crippen molar-refractivity contribution in [3.8, 4) is 5.69 Å². The summed E-state index contributed by atoms with van der Waals surface area (Å²) in [7, 11) is 0. The molecule has 1 unspecified atom stereocenters. The highest BCUT2D eigenvalue weighted by atomic mass is 19.4. The standard InChI is InChI=1S/C25H32F3N5/c1-16(2)23-12-20-11-22(18(4)32-8-6-31(7-9-32)15-25(26,27)28)17(3)10-24(20)33(23)21-13-29-19(5)30-14-21/h10-14,16,18H,6-9,15H2,1-5H3. The van der Waals surface area contributed by atoms with Crippen molar-refractivity contribution in [3.05, 3.63) is 53.2 Å². The maximum Gasteiger partial charge on any atom is 0.401 e. The molecule has 3 aromatic rings. The van der Waals surface area contributed by atoms with Gasteiger partial charge in [-0.1, -0.05) is 13.8 Å². The van der Waals surface area contributed by atoms with Crippen molar-refractivity contribution in [3.63, 3.8) is 0 Å². The minimum absolute atomic E-state index is 0.135. The molecule has 8 heteroatoms. The second-order valence-electron chi connectivity index (χ2n) is 9.42. The summed E-state index contributed by atoms with van der Waals surface area (Å²) in [5.41, 5.74) is 5.66. The molecule has 0 N–H and O–H groups in total. The lowest BCUT2D eigenvalue weighted by atomic mass is 9.98. The Bertz CT molecular complexity index is 1110. The van der Waals surface area contributed by atoms with Crippen molar-refractivity contribution >= 4 is 10.9 Å². The van der Waals surface area contributed by atoms with Crippen LogP contribution in [-0.2, 0) is 0 Å². The predicted octanol–water partition coefficient (Wildman–Crippen LogP) is 5.40. The van der Waals surface area contributed by atoms with Crippen LogP contribution in [0.1, 0.15) is 55.4 Å². The summed E-state index contributed by atoms with van der Waals surface area (Å²) in [5, 5.41) is 1.16. The second-order valence-corrected chi connectivity index (χ2v) is 9.42. The number of halogens is 3. The van der Waals surface area contributed by atoms with E-state index in [9.17, 15) is 13.2 Å². The Hall–Kier alpha value is -2.45. The first kappa shape index (κ1) is 23.7. The van der Waals surface area contributed by atoms with Gasteiger partial charge < -0.3 is 4.57 Å². The van der Waals surface area contributed by atoms with Gasteiger partial charge in [-0.3, -0.25) is 9.80 Å². The Balaban J connectivity index is 1.64. The van der Waals surface area contributed by atoms with E-state index in [-0.39, 0.29) is 6.04 Å². The van der Waals surface area contributed by atoms with Crippen molar-refractivity contribution in [1.82, 2.24) is 24.3 Å². The summed E-state index contributed by atoms with van der Waals surface area (Å²) >= 11 is 0. The van der Waals surface area contributed by atoms with E-state index in [0.29, 0.717) is 32.1 Å². The summed E-state index contributed by atoms with van der Waals surface area (Å²) in [6.07, 6.45) is -0.418. The van der Waals surface area contributed by atoms with Crippen LogP contribution in [0.25, 0.3) is 16.6 Å². The van der Waals surface area contributed by atoms with Gasteiger partial charge in [0.15, 0.2) is 0 Å². The summed E-state index contributed by atoms with van der Waals surface area (Å²) < 4.78 is 40.4. The number of aromatic nitrogens is 3. The molecule has 0 amide bonds. The van der Waals surface area contributed by atoms with Gasteiger partial charge in [0.05, 0.1) is 30.1 Å². The Morgan fingerprint density at radius 3 is 2.15 bits per heavy atom. The number of hydrogen-bond acceptors (Lipinski definition) is 4. The van der Waals surface area contributed by atoms with Crippen molar-refractivity contribution in [2.24, 2.45) is 0 Å². The number of rotatable bonds is 5. The zero-order valence-electron chi connectivity index (χ0n) is 19.9. The van der Waals surface area contributed by atoms with Gasteiger partial charge in [0.2, 0.25) is 0 Å². The van der Waals surface area contributed by atoms with Gasteiger partial charge in [-0.05, 0) is 56.0 Å². The molecule has 1 aliphatic rings. The molecule has 4 rings (SSSR count). The van der Waals surface area contributed by atoms with E-state index in [0.717, 1.165) is 22.4 Å². The maximum atomic E-state index is 12.7. The highest BCUT2D eigenvalue weighted by Crippen LogP contribution is 2.34. The molecular weight excluding hydrogens is 427 g/mol. The van der Waals surface area contributed by atoms with E-state index in [1.54, 1.807) is 0 Å². The Labute approximate surface area is 193 Å². The average Bonchev–Trinajstić information content (AvgIpc) is 3.11. The van der Waals surface area contributed by atoms with Crippen molar-refractivity contribution in [1.29, 1.82) is 0 Å². The number of piperazine rings is 1. The first-order valence-electron chi connectivity index (χ1n) is 11.5. The molecule has 1 atom stereocenters. The smallest absolute Gasteiger partial charge is 0.310 e. The fraction of sp³-hybridized carbons (Fsp3) is 0.520. The van der Waals surface area contributed by atoms with Gasteiger partial charge >= 0.3 is 6.18 Å². The Kier molecular flexibility index (Phi) is 6.51. The molecular formula is C25H32F3N5. The molecule has 33 heavy (non-hydrogen) atoms. The van der Waals surface area contributed by atoms with E-state index in [2.05, 4.69) is 65.3 Å². The number of hydrogen-bond donors (Lipinski definition) is 0. The normalized spacial score (nSPS) is 17.2. The lowest BCUT2D eigenvalue weighted by Gasteiger charge is -2.38. The monoisotopic (exact) mass is 459 g/mol. The first-order valence-corrected chi connectivity index (χ1v) is 11.5. The lowest BCUT2D eigenvalue weighted by molar-refractivity contribution is -0.149. The third kappa shape index (κ3) is 5.06. The van der Waals surface area contributed by atoms with E-state index in [1.807, 2.05) is 19.3 Å². The van der Waals surface area contributed by atoms with Crippen LogP contribution in [0.4, 0.5) is 13.2 Å². The summed E-state index contributed by atoms with van der Waals surface area (Å²) in [6.45, 7) is 11.8. The fourth-order valence-corrected chi connectivity index (χ4v) is 4.82. The van der Waals surface area contributed by atoms with Crippen LogP contribution in [0.2, 0.25) is 0 Å². The van der Waals surface area contributed by atoms with E-state index in [1.165, 1.54) is 21.7 Å². The highest BCUT2D eigenvalue weighted by molar-refractivity contribution is 5.85. The van der Waals surface area contributed by atoms with Crippen molar-refractivity contribution < 1.29 is 13.2 Å². The molecule has 1 aliphatic heterocycles. The number of benzene rings is 1. The Morgan fingerprint density at radius 2 is 1.58 bits per heavy atom. The molecule has 0 aliphatic carbocycles. The van der Waals surface area contributed by atoms with Gasteiger partial charge in [-0.15, -0.1) is 0 Å². The van der Waals surface area contributed by atoms with Gasteiger partial charge in [0.1, 0.15) is 5.82 Å². The first-order chi connectivity index (χ1) is 15.5. The van der Waals surface area contributed by atoms with E-state index >= 15 is 0 Å². The lowest BCUT2D eigenvalue weighted by Crippen LogP contribution is -2.49. The number of fused-ring (bicyclic) bond motifs is 1. The van der Waals surface area contributed by atoms with E-state index < -0.39 is 12.7 Å². The Morgan fingerprint density at radius 1 is 0.939 bits per heavy atom. The minimum Gasteiger partial charge on any atom is -0.310 e. The van der Waals surface area contributed by atoms with Crippen LogP contribution >= 0.6 is 0 Å². The molecule has 5 nitrogen and oxygen atoms in total. The topological polar surface area (TPSA) is 37.2 Å². The van der Waals surface area contributed by atoms with Gasteiger partial charge in [0, 0.05) is 43.3 Å². The summed E-state index contributed by atoms with van der Waals surface area (Å²) in [5.74, 6) is 1.06. The van der Waals surface area contributed by atoms with E-state index in [4.69, 9.17) is 0 Å². The van der Waals surface area contributed by atoms with Crippen LogP contribution in [-0.4, -0.2) is 63.2 Å². The summed E-state index contributed by atoms with van der Waals surface area (Å²) in [6, 6.07) is 6.83. The molecule has 0 radical (unpaired) electrons. The molecule has 0 spiro atoms. The SMILES string of the molecule is Cc1ncc(-n2c(C(C)C)cc3cc(C(C)N4CCN(CC(F)(F)F)CC4)c(C)cc32)cn1. The molecule has 1 fully saturated rings. The number of aryl methyl sites for hydroxylation is 2. The van der Waals surface area contributed by atoms with Crippen LogP contribution in [0, 0.1) is 13.8 Å². The molecule has 3 heterocycles. The number of alkyl halides is 3. The zero-order chi connectivity index (χ0) is 23.9. The van der Waals surface area contributed by atoms with Crippen LogP contribution in [0.3, 0.4) is 0 Å². The van der Waals surface area contributed by atoms with Crippen LogP contribution in [0.15, 0.2) is 30.6 Å². The van der Waals surface area contributed by atoms with Crippen molar-refractivity contribution in [2.75, 3.05) is 32.7 Å². The number of nitrogens with zero attached hydrogens (tertiary/aromatic N) is 5. The molecule has 1 saturated heterocycles. The largest absolute Gasteiger partial charge is 0.401 e. The molecule has 0 bridgehead atoms. The zero-order valence-corrected chi connectivity index (χ0v) is 19.9. The maximum absolute atomic E-state index is 12.7. The van der Waals surface area contributed by atoms with Crippen LogP contribution in [0.5, 0.6) is 0 Å². The third-order valence-corrected chi connectivity index (χ3v) is 6.64. The molecule has 1 aromatic carbocycles. The second kappa shape index (κ2) is 9.06. The average molecular weight is 460 g/mol. The predicted molar refractivity (Wildman–Crippen MR) is 125 cm³/mol. The highest BCUT2D eigenvalue weighted by Gasteiger charge is 2.33. The fourth-order valence-electron chi connectivity index (χ4n) is 4.82.